The molecule has 138 valence electrons. The molecule has 0 saturated carbocycles. The SMILES string of the molecule is CCNC(=NCC(=O)N1CCCC1)N1CCOC(c2cnn(C)c2)C1. The minimum Gasteiger partial charge on any atom is -0.370 e. The van der Waals surface area contributed by atoms with Gasteiger partial charge in [0, 0.05) is 45.0 Å². The molecule has 8 nitrogen and oxygen atoms in total. The third kappa shape index (κ3) is 4.50. The Morgan fingerprint density at radius 3 is 2.84 bits per heavy atom. The first-order chi connectivity index (χ1) is 12.2. The van der Waals surface area contributed by atoms with E-state index < -0.39 is 0 Å². The Morgan fingerprint density at radius 1 is 1.36 bits per heavy atom. The maximum atomic E-state index is 12.3. The van der Waals surface area contributed by atoms with Crippen LogP contribution in [0.15, 0.2) is 17.4 Å². The lowest BCUT2D eigenvalue weighted by molar-refractivity contribution is -0.128. The van der Waals surface area contributed by atoms with Gasteiger partial charge in [0.2, 0.25) is 5.91 Å². The molecular formula is C17H28N6O2. The minimum absolute atomic E-state index is 0.0272. The van der Waals surface area contributed by atoms with Crippen LogP contribution in [0.25, 0.3) is 0 Å². The van der Waals surface area contributed by atoms with Crippen molar-refractivity contribution in [3.63, 3.8) is 0 Å². The van der Waals surface area contributed by atoms with Crippen LogP contribution in [0.2, 0.25) is 0 Å². The van der Waals surface area contributed by atoms with E-state index >= 15 is 0 Å². The summed E-state index contributed by atoms with van der Waals surface area (Å²) in [5.41, 5.74) is 1.07. The summed E-state index contributed by atoms with van der Waals surface area (Å²) >= 11 is 0. The van der Waals surface area contributed by atoms with Crippen molar-refractivity contribution in [1.82, 2.24) is 24.9 Å². The fourth-order valence-corrected chi connectivity index (χ4v) is 3.28. The van der Waals surface area contributed by atoms with Crippen molar-refractivity contribution in [3.05, 3.63) is 18.0 Å². The lowest BCUT2D eigenvalue weighted by Gasteiger charge is -2.34. The summed E-state index contributed by atoms with van der Waals surface area (Å²) in [6.45, 7) is 6.84. The molecule has 0 radical (unpaired) electrons. The van der Waals surface area contributed by atoms with Crippen LogP contribution < -0.4 is 5.32 Å². The van der Waals surface area contributed by atoms with Gasteiger partial charge >= 0.3 is 0 Å². The Labute approximate surface area is 148 Å². The van der Waals surface area contributed by atoms with Crippen molar-refractivity contribution in [2.24, 2.45) is 12.0 Å². The number of amides is 1. The number of aliphatic imine (C=N–C) groups is 1. The number of guanidine groups is 1. The standard InChI is InChI=1S/C17H28N6O2/c1-3-18-17(19-11-16(24)22-6-4-5-7-22)23-8-9-25-15(13-23)14-10-20-21(2)12-14/h10,12,15H,3-9,11,13H2,1-2H3,(H,18,19). The number of carbonyl (C=O) groups excluding carboxylic acids is 1. The van der Waals surface area contributed by atoms with Crippen LogP contribution in [-0.2, 0) is 16.6 Å². The molecule has 3 rings (SSSR count). The summed E-state index contributed by atoms with van der Waals surface area (Å²) in [7, 11) is 1.90. The van der Waals surface area contributed by atoms with Crippen LogP contribution in [0.4, 0.5) is 0 Å². The molecule has 2 aliphatic heterocycles. The highest BCUT2D eigenvalue weighted by molar-refractivity contribution is 5.85. The number of likely N-dealkylation sites (tertiary alicyclic amines) is 1. The normalized spacial score (nSPS) is 21.7. The van der Waals surface area contributed by atoms with Crippen LogP contribution in [0.5, 0.6) is 0 Å². The first-order valence-corrected chi connectivity index (χ1v) is 9.08. The molecule has 1 amide bonds. The molecule has 25 heavy (non-hydrogen) atoms. The molecule has 2 fully saturated rings. The third-order valence-electron chi connectivity index (χ3n) is 4.62. The van der Waals surface area contributed by atoms with E-state index in [2.05, 4.69) is 20.3 Å². The van der Waals surface area contributed by atoms with E-state index in [-0.39, 0.29) is 18.6 Å². The zero-order valence-electron chi connectivity index (χ0n) is 15.1. The molecule has 2 saturated heterocycles. The number of carbonyl (C=O) groups is 1. The first-order valence-electron chi connectivity index (χ1n) is 9.08. The first kappa shape index (κ1) is 17.7. The summed E-state index contributed by atoms with van der Waals surface area (Å²) in [6, 6.07) is 0. The zero-order valence-corrected chi connectivity index (χ0v) is 15.1. The van der Waals surface area contributed by atoms with Crippen molar-refractivity contribution >= 4 is 11.9 Å². The van der Waals surface area contributed by atoms with E-state index in [1.54, 1.807) is 4.68 Å². The number of ether oxygens (including phenoxy) is 1. The Balaban J connectivity index is 1.64. The number of rotatable bonds is 4. The number of aryl methyl sites for hydroxylation is 1. The molecule has 1 atom stereocenters. The van der Waals surface area contributed by atoms with Crippen molar-refractivity contribution in [2.75, 3.05) is 45.9 Å². The quantitative estimate of drug-likeness (QED) is 0.629. The van der Waals surface area contributed by atoms with Crippen LogP contribution >= 0.6 is 0 Å². The topological polar surface area (TPSA) is 75.0 Å². The molecular weight excluding hydrogens is 320 g/mol. The number of morpholine rings is 1. The van der Waals surface area contributed by atoms with Crippen molar-refractivity contribution in [1.29, 1.82) is 0 Å². The fourth-order valence-electron chi connectivity index (χ4n) is 3.28. The molecule has 1 aromatic heterocycles. The Hall–Kier alpha value is -2.09. The van der Waals surface area contributed by atoms with Crippen LogP contribution in [0.3, 0.4) is 0 Å². The van der Waals surface area contributed by atoms with Gasteiger partial charge in [-0.1, -0.05) is 0 Å². The summed E-state index contributed by atoms with van der Waals surface area (Å²) in [5.74, 6) is 0.900. The van der Waals surface area contributed by atoms with E-state index in [4.69, 9.17) is 4.74 Å². The van der Waals surface area contributed by atoms with Gasteiger partial charge in [-0.3, -0.25) is 9.48 Å². The van der Waals surface area contributed by atoms with Gasteiger partial charge in [0.1, 0.15) is 12.6 Å². The van der Waals surface area contributed by atoms with Gasteiger partial charge in [-0.25, -0.2) is 4.99 Å². The predicted molar refractivity (Wildman–Crippen MR) is 95.3 cm³/mol. The highest BCUT2D eigenvalue weighted by Gasteiger charge is 2.25. The smallest absolute Gasteiger partial charge is 0.244 e. The molecule has 1 aromatic rings. The third-order valence-corrected chi connectivity index (χ3v) is 4.62. The van der Waals surface area contributed by atoms with Gasteiger partial charge in [-0.15, -0.1) is 0 Å². The largest absolute Gasteiger partial charge is 0.370 e. The number of nitrogens with zero attached hydrogens (tertiary/aromatic N) is 5. The number of aromatic nitrogens is 2. The molecule has 0 bridgehead atoms. The summed E-state index contributed by atoms with van der Waals surface area (Å²) in [6.07, 6.45) is 6.00. The number of nitrogens with one attached hydrogen (secondary N) is 1. The predicted octanol–water partition coefficient (Wildman–Crippen LogP) is 0.381. The average molecular weight is 348 g/mol. The van der Waals surface area contributed by atoms with Gasteiger partial charge in [0.15, 0.2) is 5.96 Å². The second-order valence-electron chi connectivity index (χ2n) is 6.51. The van der Waals surface area contributed by atoms with E-state index in [9.17, 15) is 4.79 Å². The summed E-state index contributed by atoms with van der Waals surface area (Å²) in [5, 5.41) is 7.53. The molecule has 1 N–H and O–H groups in total. The van der Waals surface area contributed by atoms with E-state index in [1.165, 1.54) is 0 Å². The van der Waals surface area contributed by atoms with E-state index in [0.717, 1.165) is 50.5 Å². The summed E-state index contributed by atoms with van der Waals surface area (Å²) < 4.78 is 7.67. The zero-order chi connectivity index (χ0) is 17.6. The molecule has 3 heterocycles. The lowest BCUT2D eigenvalue weighted by atomic mass is 10.1. The average Bonchev–Trinajstić information content (AvgIpc) is 3.30. The minimum atomic E-state index is -0.0272. The Bertz CT molecular complexity index is 608. The number of hydrogen-bond acceptors (Lipinski definition) is 4. The van der Waals surface area contributed by atoms with Gasteiger partial charge in [-0.2, -0.15) is 5.10 Å². The van der Waals surface area contributed by atoms with Crippen LogP contribution in [0, 0.1) is 0 Å². The Kier molecular flexibility index (Phi) is 5.91. The second-order valence-corrected chi connectivity index (χ2v) is 6.51. The second kappa shape index (κ2) is 8.33. The van der Waals surface area contributed by atoms with Gasteiger partial charge in [0.05, 0.1) is 19.3 Å². The molecule has 2 aliphatic rings. The molecule has 0 aliphatic carbocycles. The molecule has 1 unspecified atom stereocenters. The Morgan fingerprint density at radius 2 is 2.16 bits per heavy atom. The van der Waals surface area contributed by atoms with Crippen molar-refractivity contribution in [3.8, 4) is 0 Å². The molecule has 8 heteroatoms. The molecule has 0 aromatic carbocycles. The summed E-state index contributed by atoms with van der Waals surface area (Å²) in [4.78, 5) is 20.9. The van der Waals surface area contributed by atoms with Crippen LogP contribution in [0.1, 0.15) is 31.4 Å². The maximum Gasteiger partial charge on any atom is 0.244 e. The van der Waals surface area contributed by atoms with E-state index in [1.807, 2.05) is 31.3 Å². The highest BCUT2D eigenvalue weighted by Crippen LogP contribution is 2.21. The lowest BCUT2D eigenvalue weighted by Crippen LogP contribution is -2.48. The fraction of sp³-hybridized carbons (Fsp3) is 0.706. The number of hydrogen-bond donors (Lipinski definition) is 1. The van der Waals surface area contributed by atoms with Gasteiger partial charge in [-0.05, 0) is 19.8 Å². The van der Waals surface area contributed by atoms with Crippen molar-refractivity contribution < 1.29 is 9.53 Å². The van der Waals surface area contributed by atoms with Gasteiger partial charge in [0.25, 0.3) is 0 Å². The van der Waals surface area contributed by atoms with Crippen LogP contribution in [-0.4, -0.2) is 77.3 Å². The highest BCUT2D eigenvalue weighted by atomic mass is 16.5. The van der Waals surface area contributed by atoms with Crippen molar-refractivity contribution in [2.45, 2.75) is 25.9 Å². The van der Waals surface area contributed by atoms with E-state index in [0.29, 0.717) is 13.2 Å². The van der Waals surface area contributed by atoms with Gasteiger partial charge < -0.3 is 19.9 Å². The molecule has 0 spiro atoms. The maximum absolute atomic E-state index is 12.3. The monoisotopic (exact) mass is 348 g/mol.